The fraction of sp³-hybridized carbons (Fsp3) is 0.280. The number of thiazole rings is 1. The third-order valence-corrected chi connectivity index (χ3v) is 6.68. The number of aliphatic carboxylic acids is 1. The van der Waals surface area contributed by atoms with E-state index < -0.39 is 17.7 Å². The Morgan fingerprint density at radius 1 is 1.21 bits per heavy atom. The molecule has 0 fully saturated rings. The van der Waals surface area contributed by atoms with Crippen LogP contribution in [-0.2, 0) is 24.4 Å². The molecule has 0 spiro atoms. The zero-order valence-corrected chi connectivity index (χ0v) is 19.6. The van der Waals surface area contributed by atoms with Gasteiger partial charge in [-0.2, -0.15) is 13.2 Å². The van der Waals surface area contributed by atoms with Gasteiger partial charge in [0, 0.05) is 41.1 Å². The first-order valence-corrected chi connectivity index (χ1v) is 11.4. The van der Waals surface area contributed by atoms with Crippen LogP contribution in [0.2, 0.25) is 0 Å². The average Bonchev–Trinajstić information content (AvgIpc) is 3.31. The molecule has 0 saturated heterocycles. The predicted molar refractivity (Wildman–Crippen MR) is 125 cm³/mol. The molecule has 34 heavy (non-hydrogen) atoms. The number of hydrogen-bond donors (Lipinski definition) is 1. The van der Waals surface area contributed by atoms with Gasteiger partial charge < -0.3 is 14.4 Å². The van der Waals surface area contributed by atoms with Crippen LogP contribution in [0.3, 0.4) is 0 Å². The molecular weight excluding hydrogens is 465 g/mol. The summed E-state index contributed by atoms with van der Waals surface area (Å²) in [7, 11) is 1.86. The fourth-order valence-corrected chi connectivity index (χ4v) is 4.97. The normalized spacial score (nSPS) is 12.8. The van der Waals surface area contributed by atoms with Crippen molar-refractivity contribution in [3.63, 3.8) is 0 Å². The van der Waals surface area contributed by atoms with Crippen LogP contribution in [-0.4, -0.2) is 27.2 Å². The minimum atomic E-state index is -4.37. The first-order chi connectivity index (χ1) is 16.0. The van der Waals surface area contributed by atoms with Crippen molar-refractivity contribution >= 4 is 28.2 Å². The molecule has 0 aliphatic carbocycles. The van der Waals surface area contributed by atoms with E-state index in [9.17, 15) is 18.0 Å². The minimum absolute atomic E-state index is 0.0360. The summed E-state index contributed by atoms with van der Waals surface area (Å²) in [5.74, 6) is -0.250. The Balaban J connectivity index is 1.48. The highest BCUT2D eigenvalue weighted by Gasteiger charge is 2.30. The summed E-state index contributed by atoms with van der Waals surface area (Å²) in [6.45, 7) is 4.30. The Bertz CT molecular complexity index is 1340. The second-order valence-corrected chi connectivity index (χ2v) is 9.47. The van der Waals surface area contributed by atoms with Crippen molar-refractivity contribution in [1.82, 2.24) is 9.55 Å². The monoisotopic (exact) mass is 488 g/mol. The summed E-state index contributed by atoms with van der Waals surface area (Å²) < 4.78 is 46.4. The van der Waals surface area contributed by atoms with Crippen molar-refractivity contribution in [3.05, 3.63) is 70.4 Å². The quantitative estimate of drug-likeness (QED) is 0.325. The third-order valence-electron chi connectivity index (χ3n) is 5.64. The SMILES string of the molecule is Cc1sc(-c2ccc(C(F)(F)F)cc2)nc1C(C)COc1ccc2c(CC(=O)O)cn(C)c2c1. The molecule has 4 aromatic rings. The van der Waals surface area contributed by atoms with Gasteiger partial charge >= 0.3 is 12.1 Å². The highest BCUT2D eigenvalue weighted by atomic mass is 32.1. The van der Waals surface area contributed by atoms with E-state index in [0.717, 1.165) is 39.2 Å². The van der Waals surface area contributed by atoms with Gasteiger partial charge in [0.25, 0.3) is 0 Å². The summed E-state index contributed by atoms with van der Waals surface area (Å²) >= 11 is 1.44. The molecule has 0 amide bonds. The topological polar surface area (TPSA) is 64.3 Å². The lowest BCUT2D eigenvalue weighted by Crippen LogP contribution is -2.08. The minimum Gasteiger partial charge on any atom is -0.493 e. The molecule has 178 valence electrons. The van der Waals surface area contributed by atoms with E-state index in [1.807, 2.05) is 49.9 Å². The number of ether oxygens (including phenoxy) is 1. The molecule has 2 aromatic carbocycles. The molecule has 4 rings (SSSR count). The van der Waals surface area contributed by atoms with Crippen LogP contribution < -0.4 is 4.74 Å². The molecule has 1 atom stereocenters. The molecule has 0 aliphatic heterocycles. The van der Waals surface area contributed by atoms with Gasteiger partial charge in [-0.3, -0.25) is 4.79 Å². The summed E-state index contributed by atoms with van der Waals surface area (Å²) in [5.41, 5.74) is 2.45. The number of carboxylic acid groups (broad SMARTS) is 1. The number of aryl methyl sites for hydroxylation is 2. The maximum atomic E-state index is 12.8. The number of carboxylic acids is 1. The van der Waals surface area contributed by atoms with E-state index in [-0.39, 0.29) is 12.3 Å². The van der Waals surface area contributed by atoms with Crippen LogP contribution in [0.1, 0.15) is 34.5 Å². The van der Waals surface area contributed by atoms with Crippen LogP contribution in [0, 0.1) is 6.92 Å². The Morgan fingerprint density at radius 2 is 1.91 bits per heavy atom. The molecule has 2 heterocycles. The van der Waals surface area contributed by atoms with Gasteiger partial charge in [-0.05, 0) is 36.8 Å². The van der Waals surface area contributed by atoms with Crippen molar-refractivity contribution in [1.29, 1.82) is 0 Å². The molecule has 1 unspecified atom stereocenters. The largest absolute Gasteiger partial charge is 0.493 e. The number of alkyl halides is 3. The number of hydrogen-bond acceptors (Lipinski definition) is 4. The molecule has 0 bridgehead atoms. The van der Waals surface area contributed by atoms with Gasteiger partial charge in [-0.1, -0.05) is 19.1 Å². The molecule has 0 radical (unpaired) electrons. The molecule has 1 N–H and O–H groups in total. The molecule has 9 heteroatoms. The van der Waals surface area contributed by atoms with Crippen LogP contribution in [0.25, 0.3) is 21.5 Å². The van der Waals surface area contributed by atoms with Crippen molar-refractivity contribution in [2.24, 2.45) is 7.05 Å². The van der Waals surface area contributed by atoms with Gasteiger partial charge in [-0.15, -0.1) is 11.3 Å². The van der Waals surface area contributed by atoms with Gasteiger partial charge in [0.1, 0.15) is 10.8 Å². The van der Waals surface area contributed by atoms with Gasteiger partial charge in [0.15, 0.2) is 0 Å². The van der Waals surface area contributed by atoms with E-state index >= 15 is 0 Å². The Labute approximate surface area is 198 Å². The second-order valence-electron chi connectivity index (χ2n) is 8.26. The van der Waals surface area contributed by atoms with Gasteiger partial charge in [0.2, 0.25) is 0 Å². The van der Waals surface area contributed by atoms with Gasteiger partial charge in [-0.25, -0.2) is 4.98 Å². The Hall–Kier alpha value is -3.33. The van der Waals surface area contributed by atoms with Gasteiger partial charge in [0.05, 0.1) is 29.8 Å². The zero-order valence-electron chi connectivity index (χ0n) is 18.8. The van der Waals surface area contributed by atoms with E-state index in [1.165, 1.54) is 23.5 Å². The fourth-order valence-electron chi connectivity index (χ4n) is 3.93. The van der Waals surface area contributed by atoms with Crippen LogP contribution in [0.4, 0.5) is 13.2 Å². The summed E-state index contributed by atoms with van der Waals surface area (Å²) in [5, 5.41) is 10.6. The van der Waals surface area contributed by atoms with Crippen LogP contribution in [0.15, 0.2) is 48.7 Å². The van der Waals surface area contributed by atoms with Crippen molar-refractivity contribution in [3.8, 4) is 16.3 Å². The third kappa shape index (κ3) is 4.94. The van der Waals surface area contributed by atoms with Crippen LogP contribution in [0.5, 0.6) is 5.75 Å². The van der Waals surface area contributed by atoms with E-state index in [4.69, 9.17) is 9.84 Å². The smallest absolute Gasteiger partial charge is 0.416 e. The number of halogens is 3. The number of nitrogens with zero attached hydrogens (tertiary/aromatic N) is 2. The lowest BCUT2D eigenvalue weighted by Gasteiger charge is -2.13. The number of aromatic nitrogens is 2. The second kappa shape index (κ2) is 9.13. The Morgan fingerprint density at radius 3 is 2.56 bits per heavy atom. The molecule has 0 aliphatic rings. The number of rotatable bonds is 7. The summed E-state index contributed by atoms with van der Waals surface area (Å²) in [4.78, 5) is 16.8. The van der Waals surface area contributed by atoms with Crippen molar-refractivity contribution < 1.29 is 27.8 Å². The standard InChI is InChI=1S/C25H23F3N2O3S/c1-14(13-33-19-8-9-20-17(10-22(31)32)12-30(3)21(20)11-19)23-15(2)34-24(29-23)16-4-6-18(7-5-16)25(26,27)28/h4-9,11-12,14H,10,13H2,1-3H3,(H,31,32). The molecule has 0 saturated carbocycles. The van der Waals surface area contributed by atoms with Crippen molar-refractivity contribution in [2.45, 2.75) is 32.4 Å². The summed E-state index contributed by atoms with van der Waals surface area (Å²) in [6, 6.07) is 10.6. The number of fused-ring (bicyclic) bond motifs is 1. The van der Waals surface area contributed by atoms with Crippen LogP contribution >= 0.6 is 11.3 Å². The maximum absolute atomic E-state index is 12.8. The maximum Gasteiger partial charge on any atom is 0.416 e. The zero-order chi connectivity index (χ0) is 24.6. The number of benzene rings is 2. The summed E-state index contributed by atoms with van der Waals surface area (Å²) in [6.07, 6.45) is -2.60. The average molecular weight is 489 g/mol. The van der Waals surface area contributed by atoms with E-state index in [0.29, 0.717) is 22.9 Å². The number of carbonyl (C=O) groups is 1. The Kier molecular flexibility index (Phi) is 6.40. The first kappa shape index (κ1) is 23.8. The van der Waals surface area contributed by atoms with E-state index in [2.05, 4.69) is 4.98 Å². The van der Waals surface area contributed by atoms with E-state index in [1.54, 1.807) is 0 Å². The highest BCUT2D eigenvalue weighted by Crippen LogP contribution is 2.35. The lowest BCUT2D eigenvalue weighted by molar-refractivity contribution is -0.138. The predicted octanol–water partition coefficient (Wildman–Crippen LogP) is 6.44. The first-order valence-electron chi connectivity index (χ1n) is 10.6. The molecular formula is C25H23F3N2O3S. The highest BCUT2D eigenvalue weighted by molar-refractivity contribution is 7.15. The molecule has 5 nitrogen and oxygen atoms in total. The lowest BCUT2D eigenvalue weighted by atomic mass is 10.1. The molecule has 2 aromatic heterocycles. The van der Waals surface area contributed by atoms with Crippen molar-refractivity contribution in [2.75, 3.05) is 6.61 Å².